The zero-order valence-electron chi connectivity index (χ0n) is 11.7. The first-order valence-corrected chi connectivity index (χ1v) is 7.23. The maximum Gasteiger partial charge on any atom is 0.401 e. The van der Waals surface area contributed by atoms with Gasteiger partial charge in [0.2, 0.25) is 0 Å². The number of aromatic nitrogens is 2. The van der Waals surface area contributed by atoms with Gasteiger partial charge in [-0.25, -0.2) is 0 Å². The summed E-state index contributed by atoms with van der Waals surface area (Å²) in [5.74, 6) is 0. The van der Waals surface area contributed by atoms with E-state index < -0.39 is 17.6 Å². The Balaban J connectivity index is 2.22. The van der Waals surface area contributed by atoms with Gasteiger partial charge in [0, 0.05) is 24.4 Å². The molecule has 0 unspecified atom stereocenters. The maximum atomic E-state index is 12.8. The first kappa shape index (κ1) is 17.4. The molecule has 0 atom stereocenters. The van der Waals surface area contributed by atoms with Crippen LogP contribution in [-0.4, -0.2) is 32.3 Å². The van der Waals surface area contributed by atoms with E-state index in [2.05, 4.69) is 21.0 Å². The molecule has 2 aromatic rings. The number of rotatable bonds is 6. The van der Waals surface area contributed by atoms with Crippen molar-refractivity contribution in [2.45, 2.75) is 19.4 Å². The minimum atomic E-state index is -4.42. The number of halogens is 4. The number of benzene rings is 1. The third kappa shape index (κ3) is 5.32. The molecule has 0 amide bonds. The van der Waals surface area contributed by atoms with E-state index in [0.717, 1.165) is 4.90 Å². The molecule has 0 aliphatic carbocycles. The van der Waals surface area contributed by atoms with Crippen LogP contribution in [0.4, 0.5) is 18.9 Å². The summed E-state index contributed by atoms with van der Waals surface area (Å²) in [6, 6.07) is 5.74. The molecule has 6 nitrogen and oxygen atoms in total. The van der Waals surface area contributed by atoms with Crippen LogP contribution in [-0.2, 0) is 13.2 Å². The van der Waals surface area contributed by atoms with Crippen LogP contribution in [0, 0.1) is 10.1 Å². The molecule has 124 valence electrons. The Morgan fingerprint density at radius 3 is 2.61 bits per heavy atom. The highest BCUT2D eigenvalue weighted by Crippen LogP contribution is 2.23. The van der Waals surface area contributed by atoms with Gasteiger partial charge in [-0.05, 0) is 15.9 Å². The lowest BCUT2D eigenvalue weighted by molar-refractivity contribution is -0.385. The highest BCUT2D eigenvalue weighted by atomic mass is 79.9. The Labute approximate surface area is 137 Å². The van der Waals surface area contributed by atoms with Crippen LogP contribution >= 0.6 is 15.9 Å². The van der Waals surface area contributed by atoms with Crippen LogP contribution in [0.2, 0.25) is 0 Å². The molecule has 0 aliphatic rings. The van der Waals surface area contributed by atoms with Gasteiger partial charge in [0.1, 0.15) is 0 Å². The highest BCUT2D eigenvalue weighted by Gasteiger charge is 2.31. The lowest BCUT2D eigenvalue weighted by atomic mass is 10.1. The van der Waals surface area contributed by atoms with Crippen LogP contribution in [0.25, 0.3) is 0 Å². The number of hydrogen-bond donors (Lipinski definition) is 0. The van der Waals surface area contributed by atoms with Crippen molar-refractivity contribution in [2.24, 2.45) is 0 Å². The van der Waals surface area contributed by atoms with Crippen molar-refractivity contribution in [2.75, 3.05) is 6.54 Å². The molecule has 23 heavy (non-hydrogen) atoms. The summed E-state index contributed by atoms with van der Waals surface area (Å²) in [5.41, 5.74) is 0.00860. The fraction of sp³-hybridized carbons (Fsp3) is 0.308. The number of nitrogens with zero attached hydrogens (tertiary/aromatic N) is 4. The molecule has 0 N–H and O–H groups in total. The van der Waals surface area contributed by atoms with Gasteiger partial charge in [-0.2, -0.15) is 18.3 Å². The van der Waals surface area contributed by atoms with Gasteiger partial charge >= 0.3 is 6.18 Å². The summed E-state index contributed by atoms with van der Waals surface area (Å²) in [5, 5.41) is 14.9. The second-order valence-corrected chi connectivity index (χ2v) is 5.74. The largest absolute Gasteiger partial charge is 0.401 e. The Hall–Kier alpha value is -1.94. The summed E-state index contributed by atoms with van der Waals surface area (Å²) >= 11 is 3.17. The van der Waals surface area contributed by atoms with E-state index in [1.807, 2.05) is 0 Å². The van der Waals surface area contributed by atoms with Gasteiger partial charge in [-0.15, -0.1) is 0 Å². The summed E-state index contributed by atoms with van der Waals surface area (Å²) in [6.45, 7) is -1.55. The predicted molar refractivity (Wildman–Crippen MR) is 79.5 cm³/mol. The molecule has 1 aromatic heterocycles. The summed E-state index contributed by atoms with van der Waals surface area (Å²) in [6.07, 6.45) is -1.44. The predicted octanol–water partition coefficient (Wildman–Crippen LogP) is 3.58. The number of para-hydroxylation sites is 1. The van der Waals surface area contributed by atoms with Gasteiger partial charge in [-0.1, -0.05) is 18.2 Å². The molecule has 0 saturated heterocycles. The molecule has 0 fully saturated rings. The maximum absolute atomic E-state index is 12.8. The highest BCUT2D eigenvalue weighted by molar-refractivity contribution is 9.10. The van der Waals surface area contributed by atoms with Crippen LogP contribution in [0.3, 0.4) is 0 Å². The second-order valence-electron chi connectivity index (χ2n) is 4.83. The smallest absolute Gasteiger partial charge is 0.271 e. The topological polar surface area (TPSA) is 64.2 Å². The Bertz CT molecular complexity index is 690. The van der Waals surface area contributed by atoms with E-state index in [1.54, 1.807) is 6.07 Å². The zero-order valence-corrected chi connectivity index (χ0v) is 13.3. The van der Waals surface area contributed by atoms with E-state index >= 15 is 0 Å². The van der Waals surface area contributed by atoms with Crippen molar-refractivity contribution in [1.29, 1.82) is 0 Å². The van der Waals surface area contributed by atoms with E-state index in [9.17, 15) is 23.3 Å². The SMILES string of the molecule is O=[N+]([O-])c1ccccc1CN(Cn1cc(Br)cn1)CC(F)(F)F. The minimum Gasteiger partial charge on any atom is -0.271 e. The molecule has 0 spiro atoms. The van der Waals surface area contributed by atoms with Crippen LogP contribution < -0.4 is 0 Å². The zero-order chi connectivity index (χ0) is 17.0. The molecule has 1 heterocycles. The van der Waals surface area contributed by atoms with Crippen molar-refractivity contribution >= 4 is 21.6 Å². The minimum absolute atomic E-state index is 0.142. The fourth-order valence-electron chi connectivity index (χ4n) is 2.09. The summed E-state index contributed by atoms with van der Waals surface area (Å²) in [4.78, 5) is 11.4. The molecule has 0 aliphatic heterocycles. The molecule has 0 saturated carbocycles. The molecule has 10 heteroatoms. The number of nitro benzene ring substituents is 1. The standard InChI is InChI=1S/C13H12BrF3N4O2/c14-11-5-18-20(7-11)9-19(8-13(15,16)17)6-10-3-1-2-4-12(10)21(22)23/h1-5,7H,6,8-9H2. The van der Waals surface area contributed by atoms with Gasteiger partial charge in [-0.3, -0.25) is 19.7 Å². The summed E-state index contributed by atoms with van der Waals surface area (Å²) < 4.78 is 40.2. The van der Waals surface area contributed by atoms with E-state index in [0.29, 0.717) is 4.47 Å². The first-order valence-electron chi connectivity index (χ1n) is 6.44. The van der Waals surface area contributed by atoms with Crippen LogP contribution in [0.5, 0.6) is 0 Å². The van der Waals surface area contributed by atoms with Gasteiger partial charge < -0.3 is 0 Å². The van der Waals surface area contributed by atoms with Gasteiger partial charge in [0.05, 0.1) is 28.8 Å². The normalized spacial score (nSPS) is 11.9. The van der Waals surface area contributed by atoms with Crippen molar-refractivity contribution < 1.29 is 18.1 Å². The van der Waals surface area contributed by atoms with E-state index in [-0.39, 0.29) is 24.5 Å². The van der Waals surface area contributed by atoms with Gasteiger partial charge in [0.25, 0.3) is 5.69 Å². The van der Waals surface area contributed by atoms with E-state index in [1.165, 1.54) is 35.3 Å². The average molecular weight is 393 g/mol. The van der Waals surface area contributed by atoms with Crippen LogP contribution in [0.15, 0.2) is 41.1 Å². The van der Waals surface area contributed by atoms with E-state index in [4.69, 9.17) is 0 Å². The van der Waals surface area contributed by atoms with Crippen molar-refractivity contribution in [1.82, 2.24) is 14.7 Å². The lowest BCUT2D eigenvalue weighted by Gasteiger charge is -2.23. The number of nitro groups is 1. The average Bonchev–Trinajstić information content (AvgIpc) is 2.82. The molecular weight excluding hydrogens is 381 g/mol. The fourth-order valence-corrected chi connectivity index (χ4v) is 2.42. The van der Waals surface area contributed by atoms with Crippen molar-refractivity contribution in [3.63, 3.8) is 0 Å². The van der Waals surface area contributed by atoms with Crippen molar-refractivity contribution in [3.8, 4) is 0 Å². The monoisotopic (exact) mass is 392 g/mol. The van der Waals surface area contributed by atoms with Crippen molar-refractivity contribution in [3.05, 3.63) is 56.8 Å². The molecule has 0 radical (unpaired) electrons. The third-order valence-electron chi connectivity index (χ3n) is 2.93. The van der Waals surface area contributed by atoms with Crippen LogP contribution in [0.1, 0.15) is 5.56 Å². The number of hydrogen-bond acceptors (Lipinski definition) is 4. The Kier molecular flexibility index (Phi) is 5.37. The first-order chi connectivity index (χ1) is 10.7. The Morgan fingerprint density at radius 2 is 2.04 bits per heavy atom. The molecule has 2 rings (SSSR count). The van der Waals surface area contributed by atoms with Gasteiger partial charge in [0.15, 0.2) is 0 Å². The lowest BCUT2D eigenvalue weighted by Crippen LogP contribution is -2.35. The second kappa shape index (κ2) is 7.09. The molecule has 0 bridgehead atoms. The third-order valence-corrected chi connectivity index (χ3v) is 3.34. The Morgan fingerprint density at radius 1 is 1.35 bits per heavy atom. The quantitative estimate of drug-likeness (QED) is 0.556. The number of alkyl halides is 3. The molecular formula is C13H12BrF3N4O2. The molecule has 1 aromatic carbocycles. The summed E-state index contributed by atoms with van der Waals surface area (Å²) in [7, 11) is 0.